The van der Waals surface area contributed by atoms with Crippen molar-refractivity contribution in [3.05, 3.63) is 113 Å². The highest BCUT2D eigenvalue weighted by Crippen LogP contribution is 2.38. The summed E-state index contributed by atoms with van der Waals surface area (Å²) in [4.78, 5) is 35.8. The number of ether oxygens (including phenoxy) is 1. The second-order valence-corrected chi connectivity index (χ2v) is 11.2. The SMILES string of the molecule is O=C(NN=Cc1sc(N2CCOCC2)nc1-c1ccccc1)c1ccc(CN2C(=O)c3cccc4cccc2c34)cc1. The topological polar surface area (TPSA) is 87.1 Å². The minimum Gasteiger partial charge on any atom is -0.378 e. The van der Waals surface area contributed by atoms with Gasteiger partial charge in [-0.2, -0.15) is 5.10 Å². The third kappa shape index (κ3) is 4.93. The zero-order valence-electron chi connectivity index (χ0n) is 22.7. The molecule has 5 aromatic rings. The summed E-state index contributed by atoms with van der Waals surface area (Å²) in [6.07, 6.45) is 1.66. The first-order valence-corrected chi connectivity index (χ1v) is 14.6. The van der Waals surface area contributed by atoms with Gasteiger partial charge in [0.25, 0.3) is 11.8 Å². The maximum Gasteiger partial charge on any atom is 0.271 e. The Labute approximate surface area is 246 Å². The van der Waals surface area contributed by atoms with Gasteiger partial charge in [0.1, 0.15) is 0 Å². The number of benzene rings is 4. The van der Waals surface area contributed by atoms with Gasteiger partial charge in [-0.05, 0) is 35.2 Å². The van der Waals surface area contributed by atoms with E-state index in [0.717, 1.165) is 61.9 Å². The fourth-order valence-corrected chi connectivity index (χ4v) is 6.41. The predicted molar refractivity (Wildman–Crippen MR) is 167 cm³/mol. The Morgan fingerprint density at radius 2 is 1.71 bits per heavy atom. The van der Waals surface area contributed by atoms with E-state index < -0.39 is 0 Å². The van der Waals surface area contributed by atoms with Crippen LogP contribution in [0.25, 0.3) is 22.0 Å². The molecule has 208 valence electrons. The van der Waals surface area contributed by atoms with Crippen molar-refractivity contribution >= 4 is 51.0 Å². The molecule has 1 saturated heterocycles. The number of carbonyl (C=O) groups excluding carboxylic acids is 2. The van der Waals surface area contributed by atoms with Gasteiger partial charge in [-0.3, -0.25) is 9.59 Å². The number of thiazole rings is 1. The summed E-state index contributed by atoms with van der Waals surface area (Å²) in [6.45, 7) is 3.36. The summed E-state index contributed by atoms with van der Waals surface area (Å²) in [7, 11) is 0. The molecule has 0 radical (unpaired) electrons. The third-order valence-corrected chi connectivity index (χ3v) is 8.58. The average Bonchev–Trinajstić information content (AvgIpc) is 3.59. The first kappa shape index (κ1) is 26.1. The van der Waals surface area contributed by atoms with Crippen LogP contribution in [-0.2, 0) is 11.3 Å². The minimum absolute atomic E-state index is 0.00678. The molecule has 9 heteroatoms. The van der Waals surface area contributed by atoms with Crippen molar-refractivity contribution in [1.82, 2.24) is 10.4 Å². The van der Waals surface area contributed by atoms with Gasteiger partial charge in [0.2, 0.25) is 0 Å². The molecule has 2 aliphatic rings. The molecule has 3 heterocycles. The number of hydrogen-bond donors (Lipinski definition) is 1. The third-order valence-electron chi connectivity index (χ3n) is 7.52. The van der Waals surface area contributed by atoms with Crippen LogP contribution in [0.15, 0.2) is 96.1 Å². The average molecular weight is 574 g/mol. The first-order valence-electron chi connectivity index (χ1n) is 13.8. The first-order chi connectivity index (χ1) is 20.7. The second kappa shape index (κ2) is 11.2. The number of carbonyl (C=O) groups is 2. The second-order valence-electron chi connectivity index (χ2n) is 10.1. The molecule has 2 aliphatic heterocycles. The molecular weight excluding hydrogens is 546 g/mol. The van der Waals surface area contributed by atoms with Crippen molar-refractivity contribution in [2.45, 2.75) is 6.54 Å². The molecule has 1 aromatic heterocycles. The lowest BCUT2D eigenvalue weighted by atomic mass is 10.1. The Morgan fingerprint density at radius 1 is 0.952 bits per heavy atom. The number of aromatic nitrogens is 1. The fraction of sp³-hybridized carbons (Fsp3) is 0.152. The molecule has 0 spiro atoms. The van der Waals surface area contributed by atoms with E-state index in [1.165, 1.54) is 0 Å². The zero-order valence-corrected chi connectivity index (χ0v) is 23.5. The molecule has 7 rings (SSSR count). The summed E-state index contributed by atoms with van der Waals surface area (Å²) in [5.74, 6) is -0.320. The lowest BCUT2D eigenvalue weighted by molar-refractivity contribution is 0.0953. The predicted octanol–water partition coefficient (Wildman–Crippen LogP) is 5.72. The Morgan fingerprint density at radius 3 is 2.50 bits per heavy atom. The fourth-order valence-electron chi connectivity index (χ4n) is 5.39. The van der Waals surface area contributed by atoms with Gasteiger partial charge in [0.05, 0.1) is 42.2 Å². The van der Waals surface area contributed by atoms with Crippen molar-refractivity contribution < 1.29 is 14.3 Å². The van der Waals surface area contributed by atoms with E-state index in [1.807, 2.05) is 78.9 Å². The van der Waals surface area contributed by atoms with Crippen LogP contribution in [0.1, 0.15) is 31.2 Å². The smallest absolute Gasteiger partial charge is 0.271 e. The maximum atomic E-state index is 13.1. The number of morpholine rings is 1. The van der Waals surface area contributed by atoms with Crippen molar-refractivity contribution in [1.29, 1.82) is 0 Å². The van der Waals surface area contributed by atoms with Crippen molar-refractivity contribution in [3.8, 4) is 11.3 Å². The van der Waals surface area contributed by atoms with Crippen LogP contribution in [0.2, 0.25) is 0 Å². The number of hydrazone groups is 1. The van der Waals surface area contributed by atoms with Gasteiger partial charge in [0.15, 0.2) is 5.13 Å². The quantitative estimate of drug-likeness (QED) is 0.199. The van der Waals surface area contributed by atoms with Crippen LogP contribution < -0.4 is 15.2 Å². The summed E-state index contributed by atoms with van der Waals surface area (Å²) >= 11 is 1.55. The number of rotatable bonds is 7. The summed E-state index contributed by atoms with van der Waals surface area (Å²) in [6, 6.07) is 29.0. The van der Waals surface area contributed by atoms with Crippen LogP contribution in [-0.4, -0.2) is 49.3 Å². The molecular formula is C33H27N5O3S. The van der Waals surface area contributed by atoms with Crippen molar-refractivity contribution in [2.75, 3.05) is 36.1 Å². The normalized spacial score (nSPS) is 14.7. The van der Waals surface area contributed by atoms with Gasteiger partial charge in [0, 0.05) is 35.2 Å². The molecule has 0 aliphatic carbocycles. The Bertz CT molecular complexity index is 1810. The van der Waals surface area contributed by atoms with E-state index in [-0.39, 0.29) is 11.8 Å². The monoisotopic (exact) mass is 573 g/mol. The molecule has 1 fully saturated rings. The number of nitrogens with zero attached hydrogens (tertiary/aromatic N) is 4. The molecule has 4 aromatic carbocycles. The maximum absolute atomic E-state index is 13.1. The minimum atomic E-state index is -0.314. The van der Waals surface area contributed by atoms with Crippen LogP contribution in [0.5, 0.6) is 0 Å². The van der Waals surface area contributed by atoms with Gasteiger partial charge in [-0.1, -0.05) is 78.1 Å². The van der Waals surface area contributed by atoms with Gasteiger partial charge in [-0.25, -0.2) is 10.4 Å². The number of hydrogen-bond acceptors (Lipinski definition) is 7. The molecule has 2 amide bonds. The van der Waals surface area contributed by atoms with E-state index in [4.69, 9.17) is 9.72 Å². The lowest BCUT2D eigenvalue weighted by Gasteiger charge is -2.26. The van der Waals surface area contributed by atoms with Gasteiger partial charge in [-0.15, -0.1) is 0 Å². The highest BCUT2D eigenvalue weighted by Gasteiger charge is 2.29. The van der Waals surface area contributed by atoms with Crippen molar-refractivity contribution in [2.24, 2.45) is 5.10 Å². The Kier molecular flexibility index (Phi) is 6.95. The molecule has 8 nitrogen and oxygen atoms in total. The molecule has 1 N–H and O–H groups in total. The number of anilines is 2. The summed E-state index contributed by atoms with van der Waals surface area (Å²) < 4.78 is 5.49. The van der Waals surface area contributed by atoms with Crippen LogP contribution >= 0.6 is 11.3 Å². The highest BCUT2D eigenvalue weighted by molar-refractivity contribution is 7.17. The van der Waals surface area contributed by atoms with Crippen LogP contribution in [0, 0.1) is 0 Å². The zero-order chi connectivity index (χ0) is 28.5. The molecule has 0 unspecified atom stereocenters. The van der Waals surface area contributed by atoms with E-state index >= 15 is 0 Å². The number of amides is 2. The summed E-state index contributed by atoms with van der Waals surface area (Å²) in [5, 5.41) is 7.23. The number of nitrogens with one attached hydrogen (secondary N) is 1. The molecule has 42 heavy (non-hydrogen) atoms. The van der Waals surface area contributed by atoms with Crippen LogP contribution in [0.3, 0.4) is 0 Å². The van der Waals surface area contributed by atoms with Gasteiger partial charge < -0.3 is 14.5 Å². The largest absolute Gasteiger partial charge is 0.378 e. The highest BCUT2D eigenvalue weighted by atomic mass is 32.1. The molecule has 0 saturated carbocycles. The Hall–Kier alpha value is -4.86. The van der Waals surface area contributed by atoms with E-state index in [2.05, 4.69) is 15.4 Å². The lowest BCUT2D eigenvalue weighted by Crippen LogP contribution is -2.36. The van der Waals surface area contributed by atoms with Crippen molar-refractivity contribution in [3.63, 3.8) is 0 Å². The van der Waals surface area contributed by atoms with E-state index in [1.54, 1.807) is 34.6 Å². The van der Waals surface area contributed by atoms with E-state index in [9.17, 15) is 9.59 Å². The molecule has 0 bridgehead atoms. The summed E-state index contributed by atoms with van der Waals surface area (Å²) in [5.41, 5.74) is 7.53. The molecule has 0 atom stereocenters. The Balaban J connectivity index is 1.05. The standard InChI is InChI=1S/C33H27N5O3S/c39-31(36-34-20-28-30(24-6-2-1-3-7-24)35-33(42-28)37-16-18-41-19-17-37)25-14-12-22(13-15-25)21-38-27-11-5-9-23-8-4-10-26(29(23)27)32(38)40/h1-15,20H,16-19,21H2,(H,36,39). The van der Waals surface area contributed by atoms with Crippen LogP contribution in [0.4, 0.5) is 10.8 Å². The van der Waals surface area contributed by atoms with Gasteiger partial charge >= 0.3 is 0 Å². The van der Waals surface area contributed by atoms with E-state index in [0.29, 0.717) is 25.3 Å².